The molecule has 2 aromatic carbocycles. The molecule has 1 amide bonds. The largest absolute Gasteiger partial charge is 0.507 e. The summed E-state index contributed by atoms with van der Waals surface area (Å²) in [7, 11) is 0. The van der Waals surface area contributed by atoms with E-state index in [-0.39, 0.29) is 17.9 Å². The molecule has 0 bridgehead atoms. The summed E-state index contributed by atoms with van der Waals surface area (Å²) in [6, 6.07) is 15.8. The Labute approximate surface area is 176 Å². The number of hydrogen-bond acceptors (Lipinski definition) is 4. The number of aliphatic hydroxyl groups is 1. The van der Waals surface area contributed by atoms with E-state index in [0.29, 0.717) is 26.9 Å². The zero-order chi connectivity index (χ0) is 20.5. The van der Waals surface area contributed by atoms with Crippen molar-refractivity contribution < 1.29 is 19.1 Å². The first-order valence-electron chi connectivity index (χ1n) is 8.78. The first-order chi connectivity index (χ1) is 14.0. The number of carbonyl (C=O) groups is 2. The first kappa shape index (κ1) is 19.3. The number of hydrogen-bond donors (Lipinski definition) is 1. The number of halogens is 2. The van der Waals surface area contributed by atoms with Crippen LogP contribution in [-0.2, 0) is 16.1 Å². The highest BCUT2D eigenvalue weighted by molar-refractivity contribution is 6.46. The summed E-state index contributed by atoms with van der Waals surface area (Å²) in [6.45, 7) is 0.0856. The number of ketones is 1. The van der Waals surface area contributed by atoms with Crippen LogP contribution in [0.4, 0.5) is 0 Å². The van der Waals surface area contributed by atoms with Crippen molar-refractivity contribution in [3.05, 3.63) is 99.4 Å². The van der Waals surface area contributed by atoms with E-state index in [0.717, 1.165) is 0 Å². The normalized spacial score (nSPS) is 18.4. The molecule has 1 aliphatic heterocycles. The number of aliphatic hydroxyl groups excluding tert-OH is 1. The monoisotopic (exact) mass is 427 g/mol. The van der Waals surface area contributed by atoms with Gasteiger partial charge in [-0.05, 0) is 54.1 Å². The second-order valence-electron chi connectivity index (χ2n) is 6.56. The quantitative estimate of drug-likeness (QED) is 0.352. The predicted molar refractivity (Wildman–Crippen MR) is 109 cm³/mol. The Bertz CT molecular complexity index is 1090. The molecule has 5 nitrogen and oxygen atoms in total. The van der Waals surface area contributed by atoms with Gasteiger partial charge < -0.3 is 14.4 Å². The molecule has 1 aliphatic rings. The van der Waals surface area contributed by atoms with Gasteiger partial charge in [-0.1, -0.05) is 35.3 Å². The molecule has 0 aliphatic carbocycles. The predicted octanol–water partition coefficient (Wildman–Crippen LogP) is 5.21. The Morgan fingerprint density at radius 3 is 2.17 bits per heavy atom. The van der Waals surface area contributed by atoms with Crippen molar-refractivity contribution in [2.75, 3.05) is 0 Å². The molecule has 4 rings (SSSR count). The molecule has 1 unspecified atom stereocenters. The average molecular weight is 428 g/mol. The Hall–Kier alpha value is -3.02. The molecule has 0 spiro atoms. The molecule has 7 heteroatoms. The lowest BCUT2D eigenvalue weighted by Gasteiger charge is -2.24. The average Bonchev–Trinajstić information content (AvgIpc) is 3.31. The first-order valence-corrected chi connectivity index (χ1v) is 9.53. The zero-order valence-electron chi connectivity index (χ0n) is 15.0. The molecular weight excluding hydrogens is 413 g/mol. The van der Waals surface area contributed by atoms with Gasteiger partial charge in [-0.25, -0.2) is 0 Å². The number of carbonyl (C=O) groups excluding carboxylic acids is 2. The molecule has 3 aromatic rings. The molecule has 1 aromatic heterocycles. The van der Waals surface area contributed by atoms with Gasteiger partial charge in [0.15, 0.2) is 0 Å². The van der Waals surface area contributed by atoms with Crippen LogP contribution in [0.5, 0.6) is 0 Å². The minimum absolute atomic E-state index is 0.00574. The van der Waals surface area contributed by atoms with E-state index in [1.165, 1.54) is 11.2 Å². The van der Waals surface area contributed by atoms with Crippen molar-refractivity contribution in [1.29, 1.82) is 0 Å². The molecule has 0 radical (unpaired) electrons. The Kier molecular flexibility index (Phi) is 5.18. The van der Waals surface area contributed by atoms with Gasteiger partial charge in [0, 0.05) is 15.6 Å². The van der Waals surface area contributed by atoms with E-state index in [1.807, 2.05) is 0 Å². The van der Waals surface area contributed by atoms with E-state index in [2.05, 4.69) is 0 Å². The topological polar surface area (TPSA) is 70.8 Å². The number of nitrogens with zero attached hydrogens (tertiary/aromatic N) is 1. The lowest BCUT2D eigenvalue weighted by Crippen LogP contribution is -2.29. The third-order valence-electron chi connectivity index (χ3n) is 4.75. The van der Waals surface area contributed by atoms with Crippen molar-refractivity contribution in [2.24, 2.45) is 0 Å². The maximum Gasteiger partial charge on any atom is 0.296 e. The van der Waals surface area contributed by atoms with E-state index in [9.17, 15) is 14.7 Å². The number of furan rings is 1. The number of Topliss-reactive ketones (excluding diaryl/α,β-unsaturated/α-hetero) is 1. The second kappa shape index (κ2) is 7.78. The van der Waals surface area contributed by atoms with Crippen LogP contribution in [0.15, 0.2) is 76.9 Å². The summed E-state index contributed by atoms with van der Waals surface area (Å²) in [5.74, 6) is -1.21. The van der Waals surface area contributed by atoms with Gasteiger partial charge in [0.25, 0.3) is 11.7 Å². The van der Waals surface area contributed by atoms with Gasteiger partial charge in [-0.2, -0.15) is 0 Å². The van der Waals surface area contributed by atoms with Gasteiger partial charge in [0.1, 0.15) is 11.5 Å². The van der Waals surface area contributed by atoms with Crippen molar-refractivity contribution in [2.45, 2.75) is 12.6 Å². The Morgan fingerprint density at radius 1 is 0.966 bits per heavy atom. The van der Waals surface area contributed by atoms with Crippen molar-refractivity contribution in [3.8, 4) is 0 Å². The maximum atomic E-state index is 12.9. The van der Waals surface area contributed by atoms with Gasteiger partial charge in [0.05, 0.1) is 24.4 Å². The van der Waals surface area contributed by atoms with E-state index in [1.54, 1.807) is 60.7 Å². The standard InChI is InChI=1S/C22H15Cl2NO4/c23-15-7-3-13(4-8-15)19-18(20(26)14-5-9-16(24)10-6-14)21(27)22(28)25(19)12-17-2-1-11-29-17/h1-11,19,26H,12H2. The minimum Gasteiger partial charge on any atom is -0.507 e. The van der Waals surface area contributed by atoms with E-state index in [4.69, 9.17) is 27.6 Å². The molecule has 1 N–H and O–H groups in total. The van der Waals surface area contributed by atoms with E-state index >= 15 is 0 Å². The fourth-order valence-electron chi connectivity index (χ4n) is 3.37. The highest BCUT2D eigenvalue weighted by Crippen LogP contribution is 2.40. The summed E-state index contributed by atoms with van der Waals surface area (Å²) in [4.78, 5) is 27.1. The summed E-state index contributed by atoms with van der Waals surface area (Å²) in [5, 5.41) is 11.9. The maximum absolute atomic E-state index is 12.9. The van der Waals surface area contributed by atoms with Crippen LogP contribution in [0, 0.1) is 0 Å². The van der Waals surface area contributed by atoms with Crippen LogP contribution in [0.3, 0.4) is 0 Å². The van der Waals surface area contributed by atoms with Gasteiger partial charge in [-0.3, -0.25) is 9.59 Å². The molecule has 0 saturated carbocycles. The fourth-order valence-corrected chi connectivity index (χ4v) is 3.62. The van der Waals surface area contributed by atoms with Crippen LogP contribution in [0.2, 0.25) is 10.0 Å². The van der Waals surface area contributed by atoms with Crippen LogP contribution in [0.1, 0.15) is 22.9 Å². The summed E-state index contributed by atoms with van der Waals surface area (Å²) in [6.07, 6.45) is 1.50. The zero-order valence-corrected chi connectivity index (χ0v) is 16.5. The number of likely N-dealkylation sites (tertiary alicyclic amines) is 1. The smallest absolute Gasteiger partial charge is 0.296 e. The summed E-state index contributed by atoms with van der Waals surface area (Å²) < 4.78 is 5.36. The third-order valence-corrected chi connectivity index (χ3v) is 5.25. The van der Waals surface area contributed by atoms with Crippen LogP contribution in [-0.4, -0.2) is 21.7 Å². The second-order valence-corrected chi connectivity index (χ2v) is 7.44. The molecule has 2 heterocycles. The van der Waals surface area contributed by atoms with E-state index < -0.39 is 17.7 Å². The van der Waals surface area contributed by atoms with Gasteiger partial charge >= 0.3 is 0 Å². The molecule has 29 heavy (non-hydrogen) atoms. The highest BCUT2D eigenvalue weighted by atomic mass is 35.5. The summed E-state index contributed by atoms with van der Waals surface area (Å²) >= 11 is 11.9. The van der Waals surface area contributed by atoms with Crippen molar-refractivity contribution in [3.63, 3.8) is 0 Å². The lowest BCUT2D eigenvalue weighted by atomic mass is 9.95. The van der Waals surface area contributed by atoms with Crippen LogP contribution >= 0.6 is 23.2 Å². The van der Waals surface area contributed by atoms with Crippen LogP contribution in [0.25, 0.3) is 5.76 Å². The number of rotatable bonds is 4. The molecule has 1 saturated heterocycles. The van der Waals surface area contributed by atoms with Gasteiger partial charge in [0.2, 0.25) is 0 Å². The number of amides is 1. The lowest BCUT2D eigenvalue weighted by molar-refractivity contribution is -0.140. The molecular formula is C22H15Cl2NO4. The van der Waals surface area contributed by atoms with Crippen molar-refractivity contribution in [1.82, 2.24) is 4.90 Å². The third kappa shape index (κ3) is 3.67. The van der Waals surface area contributed by atoms with Crippen LogP contribution < -0.4 is 0 Å². The van der Waals surface area contributed by atoms with Gasteiger partial charge in [-0.15, -0.1) is 0 Å². The summed E-state index contributed by atoms with van der Waals surface area (Å²) in [5.41, 5.74) is 1.05. The SMILES string of the molecule is O=C1C(=O)N(Cc2ccco2)C(c2ccc(Cl)cc2)C1=C(O)c1ccc(Cl)cc1. The van der Waals surface area contributed by atoms with Crippen molar-refractivity contribution >= 4 is 40.7 Å². The Morgan fingerprint density at radius 2 is 1.59 bits per heavy atom. The highest BCUT2D eigenvalue weighted by Gasteiger charge is 2.46. The molecule has 1 atom stereocenters. The fraction of sp³-hybridized carbons (Fsp3) is 0.0909. The molecule has 1 fully saturated rings. The molecule has 146 valence electrons. The Balaban J connectivity index is 1.86. The minimum atomic E-state index is -0.784. The number of benzene rings is 2.